The quantitative estimate of drug-likeness (QED) is 0.808. The van der Waals surface area contributed by atoms with Gasteiger partial charge < -0.3 is 5.11 Å². The number of benzene rings is 2. The van der Waals surface area contributed by atoms with Gasteiger partial charge in [-0.15, -0.1) is 0 Å². The third-order valence-corrected chi connectivity index (χ3v) is 3.70. The summed E-state index contributed by atoms with van der Waals surface area (Å²) >= 11 is 12.0. The lowest BCUT2D eigenvalue weighted by Gasteiger charge is -2.15. The molecule has 2 rings (SSSR count). The fraction of sp³-hybridized carbons (Fsp3) is 0.200. The maximum atomic E-state index is 12.5. The van der Waals surface area contributed by atoms with Crippen LogP contribution in [0.4, 0.5) is 13.2 Å². The standard InChI is InChI=1S/C15H11Cl2F3O/c16-11-2-1-3-12(17)14(11)13(21)8-9-4-6-10(7-5-9)15(18,19)20/h1-7,13,21H,8H2. The van der Waals surface area contributed by atoms with Gasteiger partial charge in [-0.05, 0) is 29.8 Å². The Morgan fingerprint density at radius 3 is 1.95 bits per heavy atom. The summed E-state index contributed by atoms with van der Waals surface area (Å²) in [7, 11) is 0. The monoisotopic (exact) mass is 334 g/mol. The van der Waals surface area contributed by atoms with E-state index in [-0.39, 0.29) is 6.42 Å². The highest BCUT2D eigenvalue weighted by Gasteiger charge is 2.30. The van der Waals surface area contributed by atoms with Crippen molar-refractivity contribution in [1.82, 2.24) is 0 Å². The molecule has 112 valence electrons. The highest BCUT2D eigenvalue weighted by atomic mass is 35.5. The van der Waals surface area contributed by atoms with Gasteiger partial charge in [-0.2, -0.15) is 13.2 Å². The molecule has 0 bridgehead atoms. The number of alkyl halides is 3. The van der Waals surface area contributed by atoms with E-state index < -0.39 is 17.8 Å². The molecule has 0 fully saturated rings. The van der Waals surface area contributed by atoms with E-state index in [1.54, 1.807) is 18.2 Å². The van der Waals surface area contributed by atoms with Gasteiger partial charge in [0.25, 0.3) is 0 Å². The molecule has 21 heavy (non-hydrogen) atoms. The molecule has 0 amide bonds. The molecule has 0 radical (unpaired) electrons. The van der Waals surface area contributed by atoms with Gasteiger partial charge in [0.05, 0.1) is 11.7 Å². The summed E-state index contributed by atoms with van der Waals surface area (Å²) in [5.41, 5.74) is 0.212. The fourth-order valence-corrected chi connectivity index (χ4v) is 2.63. The summed E-state index contributed by atoms with van der Waals surface area (Å²) in [6.45, 7) is 0. The summed E-state index contributed by atoms with van der Waals surface area (Å²) in [5.74, 6) is 0. The molecule has 1 N–H and O–H groups in total. The minimum Gasteiger partial charge on any atom is -0.388 e. The number of hydrogen-bond acceptors (Lipinski definition) is 1. The SMILES string of the molecule is OC(Cc1ccc(C(F)(F)F)cc1)c1c(Cl)cccc1Cl. The van der Waals surface area contributed by atoms with Crippen LogP contribution in [0.2, 0.25) is 10.0 Å². The van der Waals surface area contributed by atoms with E-state index in [4.69, 9.17) is 23.2 Å². The second-order valence-electron chi connectivity index (χ2n) is 4.55. The van der Waals surface area contributed by atoms with Crippen LogP contribution in [0.5, 0.6) is 0 Å². The lowest BCUT2D eigenvalue weighted by atomic mass is 10.0. The Morgan fingerprint density at radius 1 is 0.952 bits per heavy atom. The van der Waals surface area contributed by atoms with Crippen LogP contribution in [0.25, 0.3) is 0 Å². The van der Waals surface area contributed by atoms with Gasteiger partial charge in [-0.3, -0.25) is 0 Å². The van der Waals surface area contributed by atoms with Crippen molar-refractivity contribution in [3.05, 3.63) is 69.2 Å². The van der Waals surface area contributed by atoms with Gasteiger partial charge in [-0.25, -0.2) is 0 Å². The Kier molecular flexibility index (Phi) is 4.81. The molecule has 0 aliphatic carbocycles. The summed E-state index contributed by atoms with van der Waals surface area (Å²) < 4.78 is 37.4. The fourth-order valence-electron chi connectivity index (χ4n) is 1.98. The van der Waals surface area contributed by atoms with Gasteiger partial charge in [0.1, 0.15) is 0 Å². The number of aliphatic hydroxyl groups excluding tert-OH is 1. The third-order valence-electron chi connectivity index (χ3n) is 3.04. The predicted octanol–water partition coefficient (Wildman–Crippen LogP) is 5.29. The Hall–Kier alpha value is -1.23. The Bertz CT molecular complexity index is 604. The molecule has 0 aliphatic rings. The topological polar surface area (TPSA) is 20.2 Å². The average Bonchev–Trinajstić information content (AvgIpc) is 2.38. The number of aliphatic hydroxyl groups is 1. The first-order chi connectivity index (χ1) is 9.79. The molecule has 0 heterocycles. The second kappa shape index (κ2) is 6.26. The van der Waals surface area contributed by atoms with Gasteiger partial charge in [0.2, 0.25) is 0 Å². The van der Waals surface area contributed by atoms with E-state index >= 15 is 0 Å². The first-order valence-electron chi connectivity index (χ1n) is 6.07. The van der Waals surface area contributed by atoms with Crippen LogP contribution in [0.1, 0.15) is 22.8 Å². The number of halogens is 5. The first kappa shape index (κ1) is 16.1. The zero-order valence-electron chi connectivity index (χ0n) is 10.7. The molecule has 0 saturated carbocycles. The zero-order valence-corrected chi connectivity index (χ0v) is 12.2. The van der Waals surface area contributed by atoms with Crippen molar-refractivity contribution < 1.29 is 18.3 Å². The van der Waals surface area contributed by atoms with E-state index in [0.29, 0.717) is 21.2 Å². The molecule has 1 unspecified atom stereocenters. The van der Waals surface area contributed by atoms with Gasteiger partial charge in [0.15, 0.2) is 0 Å². The van der Waals surface area contributed by atoms with E-state index in [1.807, 2.05) is 0 Å². The maximum Gasteiger partial charge on any atom is 0.416 e. The lowest BCUT2D eigenvalue weighted by Crippen LogP contribution is -2.06. The van der Waals surface area contributed by atoms with Crippen molar-refractivity contribution >= 4 is 23.2 Å². The van der Waals surface area contributed by atoms with Crippen molar-refractivity contribution in [3.63, 3.8) is 0 Å². The summed E-state index contributed by atoms with van der Waals surface area (Å²) in [6, 6.07) is 9.47. The number of rotatable bonds is 3. The van der Waals surface area contributed by atoms with Crippen molar-refractivity contribution in [2.45, 2.75) is 18.7 Å². The smallest absolute Gasteiger partial charge is 0.388 e. The molecule has 2 aromatic carbocycles. The van der Waals surface area contributed by atoms with Crippen LogP contribution in [0.3, 0.4) is 0 Å². The average molecular weight is 335 g/mol. The molecule has 2 aromatic rings. The van der Waals surface area contributed by atoms with Crippen LogP contribution in [0.15, 0.2) is 42.5 Å². The highest BCUT2D eigenvalue weighted by Crippen LogP contribution is 2.33. The highest BCUT2D eigenvalue weighted by molar-refractivity contribution is 6.36. The molecule has 1 nitrogen and oxygen atoms in total. The first-order valence-corrected chi connectivity index (χ1v) is 6.82. The molecule has 0 aromatic heterocycles. The van der Waals surface area contributed by atoms with Crippen LogP contribution in [-0.2, 0) is 12.6 Å². The molecule has 1 atom stereocenters. The van der Waals surface area contributed by atoms with Crippen LogP contribution < -0.4 is 0 Å². The largest absolute Gasteiger partial charge is 0.416 e. The van der Waals surface area contributed by atoms with Crippen molar-refractivity contribution in [3.8, 4) is 0 Å². The van der Waals surface area contributed by atoms with Crippen molar-refractivity contribution in [2.24, 2.45) is 0 Å². The van der Waals surface area contributed by atoms with Crippen molar-refractivity contribution in [1.29, 1.82) is 0 Å². The Balaban J connectivity index is 2.18. The molecular weight excluding hydrogens is 324 g/mol. The molecular formula is C15H11Cl2F3O. The van der Waals surface area contributed by atoms with Crippen LogP contribution >= 0.6 is 23.2 Å². The van der Waals surface area contributed by atoms with Gasteiger partial charge in [0, 0.05) is 22.0 Å². The normalized spacial score (nSPS) is 13.2. The minimum absolute atomic E-state index is 0.127. The summed E-state index contributed by atoms with van der Waals surface area (Å²) in [5, 5.41) is 10.8. The predicted molar refractivity (Wildman–Crippen MR) is 76.6 cm³/mol. The zero-order chi connectivity index (χ0) is 15.6. The van der Waals surface area contributed by atoms with E-state index in [9.17, 15) is 18.3 Å². The third kappa shape index (κ3) is 3.90. The van der Waals surface area contributed by atoms with E-state index in [2.05, 4.69) is 0 Å². The summed E-state index contributed by atoms with van der Waals surface area (Å²) in [4.78, 5) is 0. The summed E-state index contributed by atoms with van der Waals surface area (Å²) in [6.07, 6.45) is -5.23. The number of hydrogen-bond donors (Lipinski definition) is 1. The van der Waals surface area contributed by atoms with Gasteiger partial charge >= 0.3 is 6.18 Å². The van der Waals surface area contributed by atoms with Crippen molar-refractivity contribution in [2.75, 3.05) is 0 Å². The van der Waals surface area contributed by atoms with Crippen LogP contribution in [0, 0.1) is 0 Å². The van der Waals surface area contributed by atoms with E-state index in [0.717, 1.165) is 12.1 Å². The van der Waals surface area contributed by atoms with Crippen LogP contribution in [-0.4, -0.2) is 5.11 Å². The maximum absolute atomic E-state index is 12.5. The lowest BCUT2D eigenvalue weighted by molar-refractivity contribution is -0.137. The minimum atomic E-state index is -4.37. The Morgan fingerprint density at radius 2 is 1.48 bits per heavy atom. The molecule has 6 heteroatoms. The molecule has 0 saturated heterocycles. The molecule has 0 spiro atoms. The van der Waals surface area contributed by atoms with E-state index in [1.165, 1.54) is 12.1 Å². The second-order valence-corrected chi connectivity index (χ2v) is 5.36. The Labute approximate surface area is 129 Å². The van der Waals surface area contributed by atoms with Gasteiger partial charge in [-0.1, -0.05) is 41.4 Å². The molecule has 0 aliphatic heterocycles.